The minimum absolute atomic E-state index is 0.0328. The SMILES string of the molecule is CCOC(=O)c1c(C)[nH]c(C)c1C(=O)/C(C#N)=C/c1ccccc1C(F)(F)F. The Morgan fingerprint density at radius 1 is 1.18 bits per heavy atom. The van der Waals surface area contributed by atoms with E-state index in [4.69, 9.17) is 4.74 Å². The molecule has 0 atom stereocenters. The Balaban J connectivity index is 2.60. The number of ether oxygens (including phenoxy) is 1. The van der Waals surface area contributed by atoms with E-state index in [0.29, 0.717) is 11.4 Å². The zero-order chi connectivity index (χ0) is 21.1. The molecule has 146 valence electrons. The molecule has 0 aliphatic carbocycles. The molecule has 0 spiro atoms. The number of nitriles is 1. The van der Waals surface area contributed by atoms with Crippen molar-refractivity contribution in [3.05, 3.63) is 63.5 Å². The number of hydrogen-bond donors (Lipinski definition) is 1. The number of ketones is 1. The van der Waals surface area contributed by atoms with E-state index in [2.05, 4.69) is 4.98 Å². The van der Waals surface area contributed by atoms with Gasteiger partial charge in [0.15, 0.2) is 0 Å². The first-order chi connectivity index (χ1) is 13.1. The molecule has 2 rings (SSSR count). The maximum atomic E-state index is 13.2. The van der Waals surface area contributed by atoms with E-state index in [1.807, 2.05) is 0 Å². The molecule has 0 fully saturated rings. The first kappa shape index (κ1) is 21.0. The topological polar surface area (TPSA) is 83.0 Å². The van der Waals surface area contributed by atoms with Gasteiger partial charge in [0.25, 0.3) is 0 Å². The first-order valence-corrected chi connectivity index (χ1v) is 8.30. The van der Waals surface area contributed by atoms with Crippen LogP contribution in [0.3, 0.4) is 0 Å². The van der Waals surface area contributed by atoms with Gasteiger partial charge in [-0.2, -0.15) is 18.4 Å². The van der Waals surface area contributed by atoms with E-state index >= 15 is 0 Å². The van der Waals surface area contributed by atoms with Gasteiger partial charge in [-0.05, 0) is 38.5 Å². The number of allylic oxidation sites excluding steroid dienone is 1. The number of esters is 1. The molecule has 0 aliphatic heterocycles. The van der Waals surface area contributed by atoms with Gasteiger partial charge in [0, 0.05) is 11.4 Å². The fourth-order valence-electron chi connectivity index (χ4n) is 2.84. The molecule has 0 saturated carbocycles. The van der Waals surface area contributed by atoms with Gasteiger partial charge in [-0.3, -0.25) is 4.79 Å². The minimum Gasteiger partial charge on any atom is -0.462 e. The lowest BCUT2D eigenvalue weighted by molar-refractivity contribution is -0.137. The largest absolute Gasteiger partial charge is 0.462 e. The molecule has 0 aliphatic rings. The van der Waals surface area contributed by atoms with Crippen LogP contribution < -0.4 is 0 Å². The summed E-state index contributed by atoms with van der Waals surface area (Å²) in [5, 5.41) is 9.40. The summed E-state index contributed by atoms with van der Waals surface area (Å²) in [5.74, 6) is -1.61. The number of nitrogens with zero attached hydrogens (tertiary/aromatic N) is 1. The molecular formula is C20H17F3N2O3. The molecule has 0 amide bonds. The van der Waals surface area contributed by atoms with Crippen molar-refractivity contribution in [2.45, 2.75) is 26.9 Å². The van der Waals surface area contributed by atoms with Crippen molar-refractivity contribution in [3.63, 3.8) is 0 Å². The van der Waals surface area contributed by atoms with Crippen LogP contribution >= 0.6 is 0 Å². The van der Waals surface area contributed by atoms with Crippen LogP contribution in [0.2, 0.25) is 0 Å². The number of aromatic nitrogens is 1. The molecule has 0 unspecified atom stereocenters. The lowest BCUT2D eigenvalue weighted by Gasteiger charge is -2.10. The van der Waals surface area contributed by atoms with Crippen LogP contribution in [0.5, 0.6) is 0 Å². The van der Waals surface area contributed by atoms with Crippen LogP contribution in [0, 0.1) is 25.2 Å². The number of benzene rings is 1. The van der Waals surface area contributed by atoms with Crippen molar-refractivity contribution in [3.8, 4) is 6.07 Å². The second-order valence-corrected chi connectivity index (χ2v) is 5.93. The fraction of sp³-hybridized carbons (Fsp3) is 0.250. The molecule has 8 heteroatoms. The average Bonchev–Trinajstić information content (AvgIpc) is 2.92. The number of hydrogen-bond acceptors (Lipinski definition) is 4. The quantitative estimate of drug-likeness (QED) is 0.350. The lowest BCUT2D eigenvalue weighted by atomic mass is 9.96. The highest BCUT2D eigenvalue weighted by molar-refractivity contribution is 6.19. The standard InChI is InChI=1S/C20H17F3N2O3/c1-4-28-19(27)17-12(3)25-11(2)16(17)18(26)14(10-24)9-13-7-5-6-8-15(13)20(21,22)23/h5-9,25H,4H2,1-3H3/b14-9+. The maximum Gasteiger partial charge on any atom is 0.416 e. The molecule has 0 bridgehead atoms. The molecule has 1 heterocycles. The van der Waals surface area contributed by atoms with Crippen molar-refractivity contribution in [2.75, 3.05) is 6.61 Å². The molecule has 2 aromatic rings. The number of carbonyl (C=O) groups excluding carboxylic acids is 2. The number of aromatic amines is 1. The Morgan fingerprint density at radius 3 is 2.36 bits per heavy atom. The van der Waals surface area contributed by atoms with Gasteiger partial charge in [-0.1, -0.05) is 18.2 Å². The molecular weight excluding hydrogens is 373 g/mol. The van der Waals surface area contributed by atoms with Crippen molar-refractivity contribution in [1.29, 1.82) is 5.26 Å². The Morgan fingerprint density at radius 2 is 1.79 bits per heavy atom. The molecule has 5 nitrogen and oxygen atoms in total. The number of Topliss-reactive ketones (excluding diaryl/α,β-unsaturated/α-hetero) is 1. The lowest BCUT2D eigenvalue weighted by Crippen LogP contribution is -2.13. The van der Waals surface area contributed by atoms with Crippen LogP contribution in [0.25, 0.3) is 6.08 Å². The highest BCUT2D eigenvalue weighted by atomic mass is 19.4. The zero-order valence-corrected chi connectivity index (χ0v) is 15.4. The summed E-state index contributed by atoms with van der Waals surface area (Å²) in [6.45, 7) is 4.77. The Bertz CT molecular complexity index is 995. The number of carbonyl (C=O) groups is 2. The van der Waals surface area contributed by atoms with E-state index in [0.717, 1.165) is 18.2 Å². The fourth-order valence-corrected chi connectivity index (χ4v) is 2.84. The van der Waals surface area contributed by atoms with Crippen LogP contribution in [0.15, 0.2) is 29.8 Å². The van der Waals surface area contributed by atoms with E-state index in [-0.39, 0.29) is 23.3 Å². The highest BCUT2D eigenvalue weighted by Crippen LogP contribution is 2.33. The van der Waals surface area contributed by atoms with Crippen molar-refractivity contribution < 1.29 is 27.5 Å². The third-order valence-corrected chi connectivity index (χ3v) is 4.01. The average molecular weight is 390 g/mol. The number of H-pyrrole nitrogens is 1. The predicted molar refractivity (Wildman–Crippen MR) is 95.6 cm³/mol. The summed E-state index contributed by atoms with van der Waals surface area (Å²) < 4.78 is 44.5. The van der Waals surface area contributed by atoms with Gasteiger partial charge in [0.05, 0.1) is 23.3 Å². The van der Waals surface area contributed by atoms with E-state index in [1.54, 1.807) is 19.9 Å². The molecule has 1 N–H and O–H groups in total. The monoisotopic (exact) mass is 390 g/mol. The van der Waals surface area contributed by atoms with E-state index < -0.39 is 29.1 Å². The van der Waals surface area contributed by atoms with Crippen LogP contribution in [-0.4, -0.2) is 23.3 Å². The van der Waals surface area contributed by atoms with Crippen LogP contribution in [0.4, 0.5) is 13.2 Å². The number of alkyl halides is 3. The van der Waals surface area contributed by atoms with Gasteiger partial charge >= 0.3 is 12.1 Å². The second kappa shape index (κ2) is 8.13. The number of aryl methyl sites for hydroxylation is 2. The number of halogens is 3. The second-order valence-electron chi connectivity index (χ2n) is 5.93. The minimum atomic E-state index is -4.65. The molecule has 1 aromatic heterocycles. The first-order valence-electron chi connectivity index (χ1n) is 8.30. The van der Waals surface area contributed by atoms with Crippen molar-refractivity contribution >= 4 is 17.8 Å². The van der Waals surface area contributed by atoms with Crippen LogP contribution in [0.1, 0.15) is 50.2 Å². The van der Waals surface area contributed by atoms with Crippen LogP contribution in [-0.2, 0) is 10.9 Å². The Kier molecular flexibility index (Phi) is 6.09. The van der Waals surface area contributed by atoms with Crippen molar-refractivity contribution in [1.82, 2.24) is 4.98 Å². The summed E-state index contributed by atoms with van der Waals surface area (Å²) in [4.78, 5) is 28.0. The Hall–Kier alpha value is -3.34. The summed E-state index contributed by atoms with van der Waals surface area (Å²) in [6.07, 6.45) is -3.77. The maximum absolute atomic E-state index is 13.2. The number of nitrogens with one attached hydrogen (secondary N) is 1. The normalized spacial score (nSPS) is 11.8. The van der Waals surface area contributed by atoms with Gasteiger partial charge in [-0.15, -0.1) is 0 Å². The predicted octanol–water partition coefficient (Wildman–Crippen LogP) is 4.62. The van der Waals surface area contributed by atoms with Gasteiger partial charge in [0.1, 0.15) is 11.6 Å². The zero-order valence-electron chi connectivity index (χ0n) is 15.4. The third-order valence-electron chi connectivity index (χ3n) is 4.01. The Labute approximate surface area is 159 Å². The molecule has 1 aromatic carbocycles. The molecule has 0 saturated heterocycles. The summed E-state index contributed by atoms with van der Waals surface area (Å²) >= 11 is 0. The van der Waals surface area contributed by atoms with Gasteiger partial charge in [0.2, 0.25) is 5.78 Å². The van der Waals surface area contributed by atoms with Gasteiger partial charge < -0.3 is 9.72 Å². The van der Waals surface area contributed by atoms with Crippen molar-refractivity contribution in [2.24, 2.45) is 0 Å². The van der Waals surface area contributed by atoms with Gasteiger partial charge in [-0.25, -0.2) is 4.79 Å². The molecule has 28 heavy (non-hydrogen) atoms. The third kappa shape index (κ3) is 4.14. The number of rotatable bonds is 5. The summed E-state index contributed by atoms with van der Waals surface area (Å²) in [6, 6.07) is 6.25. The summed E-state index contributed by atoms with van der Waals surface area (Å²) in [5.41, 5.74) is -1.25. The smallest absolute Gasteiger partial charge is 0.416 e. The van der Waals surface area contributed by atoms with E-state index in [9.17, 15) is 28.0 Å². The molecule has 0 radical (unpaired) electrons. The summed E-state index contributed by atoms with van der Waals surface area (Å²) in [7, 11) is 0. The highest BCUT2D eigenvalue weighted by Gasteiger charge is 2.33. The van der Waals surface area contributed by atoms with E-state index in [1.165, 1.54) is 19.1 Å².